The van der Waals surface area contributed by atoms with Crippen LogP contribution in [0.25, 0.3) is 0 Å². The maximum absolute atomic E-state index is 14.4. The van der Waals surface area contributed by atoms with Crippen LogP contribution in [0.5, 0.6) is 0 Å². The van der Waals surface area contributed by atoms with Crippen LogP contribution in [0.15, 0.2) is 76.7 Å². The van der Waals surface area contributed by atoms with Gasteiger partial charge < -0.3 is 0 Å². The van der Waals surface area contributed by atoms with Crippen LogP contribution in [0.2, 0.25) is 5.02 Å². The van der Waals surface area contributed by atoms with Gasteiger partial charge in [0.15, 0.2) is 0 Å². The molecule has 3 aromatic carbocycles. The molecule has 1 N–H and O–H groups in total. The van der Waals surface area contributed by atoms with Gasteiger partial charge in [0.2, 0.25) is 10.0 Å². The largest absolute Gasteiger partial charge is 0.272 e. The molecule has 9 heteroatoms. The molecule has 184 valence electrons. The molecule has 0 saturated carbocycles. The number of aryl methyl sites for hydroxylation is 1. The van der Waals surface area contributed by atoms with Crippen molar-refractivity contribution in [3.63, 3.8) is 0 Å². The standard InChI is InChI=1S/C26H27ClFN3O3S/c1-18(2)21-11-9-20(10-12-21)15-29-30-26(32)17-31(16-23-24(27)5-4-6-25(23)28)35(33,34)22-13-7-19(3)8-14-22/h4-15,18H,16-17H2,1-3H3,(H,30,32)/b29-15-. The predicted octanol–water partition coefficient (Wildman–Crippen LogP) is 5.25. The second-order valence-electron chi connectivity index (χ2n) is 8.40. The Bertz CT molecular complexity index is 1290. The lowest BCUT2D eigenvalue weighted by molar-refractivity contribution is -0.121. The van der Waals surface area contributed by atoms with Crippen molar-refractivity contribution >= 4 is 33.7 Å². The molecule has 0 heterocycles. The zero-order chi connectivity index (χ0) is 25.6. The number of amides is 1. The van der Waals surface area contributed by atoms with E-state index in [1.165, 1.54) is 42.1 Å². The Morgan fingerprint density at radius 2 is 1.74 bits per heavy atom. The number of nitrogens with one attached hydrogen (secondary N) is 1. The molecule has 0 aromatic heterocycles. The summed E-state index contributed by atoms with van der Waals surface area (Å²) in [6.07, 6.45) is 1.47. The molecule has 35 heavy (non-hydrogen) atoms. The van der Waals surface area contributed by atoms with Crippen LogP contribution in [-0.4, -0.2) is 31.4 Å². The van der Waals surface area contributed by atoms with E-state index in [1.54, 1.807) is 12.1 Å². The highest BCUT2D eigenvalue weighted by molar-refractivity contribution is 7.89. The molecule has 0 spiro atoms. The summed E-state index contributed by atoms with van der Waals surface area (Å²) in [5.74, 6) is -0.946. The third kappa shape index (κ3) is 6.97. The zero-order valence-electron chi connectivity index (χ0n) is 19.7. The Kier molecular flexibility index (Phi) is 8.77. The van der Waals surface area contributed by atoms with Crippen LogP contribution >= 0.6 is 11.6 Å². The maximum atomic E-state index is 14.4. The van der Waals surface area contributed by atoms with Crippen LogP contribution < -0.4 is 5.43 Å². The fraction of sp³-hybridized carbons (Fsp3) is 0.231. The van der Waals surface area contributed by atoms with Crippen molar-refractivity contribution < 1.29 is 17.6 Å². The number of rotatable bonds is 9. The van der Waals surface area contributed by atoms with Crippen molar-refractivity contribution in [2.45, 2.75) is 38.1 Å². The van der Waals surface area contributed by atoms with E-state index in [-0.39, 0.29) is 15.5 Å². The lowest BCUT2D eigenvalue weighted by atomic mass is 10.0. The van der Waals surface area contributed by atoms with Crippen LogP contribution in [-0.2, 0) is 21.4 Å². The molecule has 0 saturated heterocycles. The fourth-order valence-electron chi connectivity index (χ4n) is 3.29. The van der Waals surface area contributed by atoms with Crippen molar-refractivity contribution in [2.24, 2.45) is 5.10 Å². The lowest BCUT2D eigenvalue weighted by Crippen LogP contribution is -2.39. The quantitative estimate of drug-likeness (QED) is 0.312. The zero-order valence-corrected chi connectivity index (χ0v) is 21.3. The summed E-state index contributed by atoms with van der Waals surface area (Å²) in [6, 6.07) is 18.0. The first-order valence-corrected chi connectivity index (χ1v) is 12.8. The topological polar surface area (TPSA) is 78.8 Å². The van der Waals surface area contributed by atoms with Gasteiger partial charge in [0, 0.05) is 17.1 Å². The number of hydrazone groups is 1. The van der Waals surface area contributed by atoms with Crippen LogP contribution in [0.1, 0.15) is 42.0 Å². The summed E-state index contributed by atoms with van der Waals surface area (Å²) in [7, 11) is -4.14. The van der Waals surface area contributed by atoms with Gasteiger partial charge in [-0.05, 0) is 48.2 Å². The van der Waals surface area contributed by atoms with E-state index in [9.17, 15) is 17.6 Å². The first kappa shape index (κ1) is 26.5. The molecule has 3 rings (SSSR count). The summed E-state index contributed by atoms with van der Waals surface area (Å²) < 4.78 is 42.0. The van der Waals surface area contributed by atoms with Gasteiger partial charge in [0.1, 0.15) is 5.82 Å². The molecule has 0 aliphatic heterocycles. The molecule has 0 aliphatic rings. The first-order valence-electron chi connectivity index (χ1n) is 11.0. The Balaban J connectivity index is 1.80. The normalized spacial score (nSPS) is 12.0. The summed E-state index contributed by atoms with van der Waals surface area (Å²) in [6.45, 7) is 5.01. The summed E-state index contributed by atoms with van der Waals surface area (Å²) in [4.78, 5) is 12.6. The highest BCUT2D eigenvalue weighted by Gasteiger charge is 2.28. The van der Waals surface area contributed by atoms with E-state index < -0.39 is 34.8 Å². The van der Waals surface area contributed by atoms with E-state index in [0.717, 1.165) is 15.4 Å². The van der Waals surface area contributed by atoms with Crippen LogP contribution in [0.3, 0.4) is 0 Å². The van der Waals surface area contributed by atoms with Gasteiger partial charge in [0.05, 0.1) is 17.7 Å². The average molecular weight is 516 g/mol. The van der Waals surface area contributed by atoms with Crippen molar-refractivity contribution in [2.75, 3.05) is 6.54 Å². The van der Waals surface area contributed by atoms with Gasteiger partial charge >= 0.3 is 0 Å². The van der Waals surface area contributed by atoms with E-state index in [1.807, 2.05) is 31.2 Å². The third-order valence-electron chi connectivity index (χ3n) is 5.38. The lowest BCUT2D eigenvalue weighted by Gasteiger charge is -2.22. The van der Waals surface area contributed by atoms with Crippen LogP contribution in [0, 0.1) is 12.7 Å². The minimum atomic E-state index is -4.14. The fourth-order valence-corrected chi connectivity index (χ4v) is 4.87. The predicted molar refractivity (Wildman–Crippen MR) is 136 cm³/mol. The van der Waals surface area contributed by atoms with Crippen molar-refractivity contribution in [3.8, 4) is 0 Å². The van der Waals surface area contributed by atoms with Gasteiger partial charge in [-0.2, -0.15) is 9.41 Å². The number of sulfonamides is 1. The molecule has 0 unspecified atom stereocenters. The molecular weight excluding hydrogens is 489 g/mol. The van der Waals surface area contributed by atoms with Crippen LogP contribution in [0.4, 0.5) is 4.39 Å². The smallest absolute Gasteiger partial charge is 0.255 e. The second kappa shape index (κ2) is 11.6. The molecule has 0 bridgehead atoms. The molecule has 0 fully saturated rings. The summed E-state index contributed by atoms with van der Waals surface area (Å²) in [5.41, 5.74) is 5.15. The Morgan fingerprint density at radius 1 is 1.09 bits per heavy atom. The summed E-state index contributed by atoms with van der Waals surface area (Å²) in [5, 5.41) is 4.00. The van der Waals surface area contributed by atoms with Gasteiger partial charge in [-0.1, -0.05) is 73.5 Å². The maximum Gasteiger partial charge on any atom is 0.255 e. The monoisotopic (exact) mass is 515 g/mol. The SMILES string of the molecule is Cc1ccc(S(=O)(=O)N(CC(=O)N/N=C\c2ccc(C(C)C)cc2)Cc2c(F)cccc2Cl)cc1. The highest BCUT2D eigenvalue weighted by Crippen LogP contribution is 2.25. The van der Waals surface area contributed by atoms with E-state index >= 15 is 0 Å². The van der Waals surface area contributed by atoms with Gasteiger partial charge in [-0.25, -0.2) is 18.2 Å². The minimum absolute atomic E-state index is 0.0166. The number of carbonyl (C=O) groups is 1. The summed E-state index contributed by atoms with van der Waals surface area (Å²) >= 11 is 6.12. The number of halogens is 2. The number of benzene rings is 3. The first-order chi connectivity index (χ1) is 16.6. The number of nitrogens with zero attached hydrogens (tertiary/aromatic N) is 2. The minimum Gasteiger partial charge on any atom is -0.272 e. The van der Waals surface area contributed by atoms with E-state index in [0.29, 0.717) is 5.92 Å². The third-order valence-corrected chi connectivity index (χ3v) is 7.54. The van der Waals surface area contributed by atoms with Gasteiger partial charge in [-0.3, -0.25) is 4.79 Å². The Hall–Kier alpha value is -3.07. The van der Waals surface area contributed by atoms with Gasteiger partial charge in [-0.15, -0.1) is 0 Å². The molecule has 6 nitrogen and oxygen atoms in total. The number of hydrogen-bond donors (Lipinski definition) is 1. The molecule has 0 radical (unpaired) electrons. The molecule has 0 atom stereocenters. The number of carbonyl (C=O) groups excluding carboxylic acids is 1. The van der Waals surface area contributed by atoms with Crippen molar-refractivity contribution in [1.82, 2.24) is 9.73 Å². The Labute approximate surface area is 210 Å². The van der Waals surface area contributed by atoms with E-state index in [2.05, 4.69) is 24.4 Å². The molecular formula is C26H27ClFN3O3S. The second-order valence-corrected chi connectivity index (χ2v) is 10.7. The molecule has 3 aromatic rings. The Morgan fingerprint density at radius 3 is 2.34 bits per heavy atom. The highest BCUT2D eigenvalue weighted by atomic mass is 35.5. The average Bonchev–Trinajstić information content (AvgIpc) is 2.81. The van der Waals surface area contributed by atoms with E-state index in [4.69, 9.17) is 11.6 Å². The molecule has 0 aliphatic carbocycles. The molecule has 1 amide bonds. The number of hydrogen-bond acceptors (Lipinski definition) is 4. The van der Waals surface area contributed by atoms with Crippen molar-refractivity contribution in [1.29, 1.82) is 0 Å². The van der Waals surface area contributed by atoms with Gasteiger partial charge in [0.25, 0.3) is 5.91 Å². The van der Waals surface area contributed by atoms with Crippen molar-refractivity contribution in [3.05, 3.63) is 99.8 Å².